The number of hydrogen-bond acceptors (Lipinski definition) is 3. The van der Waals surface area contributed by atoms with Crippen molar-refractivity contribution in [2.24, 2.45) is 0 Å². The Morgan fingerprint density at radius 2 is 1.79 bits per heavy atom. The molecule has 28 heavy (non-hydrogen) atoms. The first kappa shape index (κ1) is 18.9. The van der Waals surface area contributed by atoms with Gasteiger partial charge in [-0.1, -0.05) is 12.1 Å². The van der Waals surface area contributed by atoms with Crippen LogP contribution in [0.15, 0.2) is 36.4 Å². The summed E-state index contributed by atoms with van der Waals surface area (Å²) in [4.78, 5) is 6.19. The Morgan fingerprint density at radius 3 is 2.57 bits per heavy atom. The number of aromatic amines is 1. The van der Waals surface area contributed by atoms with Crippen molar-refractivity contribution in [2.75, 3.05) is 26.3 Å². The van der Waals surface area contributed by atoms with E-state index < -0.39 is 0 Å². The minimum atomic E-state index is 0.653. The van der Waals surface area contributed by atoms with Crippen molar-refractivity contribution in [3.05, 3.63) is 58.8 Å². The number of hydrogen-bond donors (Lipinski definition) is 1. The zero-order chi connectivity index (χ0) is 19.5. The maximum atomic E-state index is 5.98. The van der Waals surface area contributed by atoms with Crippen molar-refractivity contribution in [1.82, 2.24) is 9.88 Å². The molecule has 0 radical (unpaired) electrons. The molecule has 2 aromatic carbocycles. The Balaban J connectivity index is 1.35. The molecule has 3 aromatic rings. The van der Waals surface area contributed by atoms with Crippen molar-refractivity contribution in [3.63, 3.8) is 0 Å². The number of nitrogens with zero attached hydrogens (tertiary/aromatic N) is 1. The monoisotopic (exact) mass is 378 g/mol. The lowest BCUT2D eigenvalue weighted by atomic mass is 10.0. The van der Waals surface area contributed by atoms with Crippen LogP contribution in [0.4, 0.5) is 0 Å². The first-order valence-corrected chi connectivity index (χ1v) is 10.3. The van der Waals surface area contributed by atoms with Gasteiger partial charge in [-0.15, -0.1) is 0 Å². The van der Waals surface area contributed by atoms with Gasteiger partial charge in [0, 0.05) is 42.7 Å². The third kappa shape index (κ3) is 3.88. The van der Waals surface area contributed by atoms with Crippen molar-refractivity contribution in [3.8, 4) is 11.5 Å². The van der Waals surface area contributed by atoms with Crippen LogP contribution in [0, 0.1) is 13.8 Å². The summed E-state index contributed by atoms with van der Waals surface area (Å²) in [5.41, 5.74) is 6.90. The Labute approximate surface area is 167 Å². The number of benzene rings is 2. The normalized spacial score (nSPS) is 14.2. The van der Waals surface area contributed by atoms with Gasteiger partial charge in [0.05, 0.1) is 13.2 Å². The van der Waals surface area contributed by atoms with E-state index in [-0.39, 0.29) is 0 Å². The van der Waals surface area contributed by atoms with Crippen LogP contribution in [-0.4, -0.2) is 36.2 Å². The van der Waals surface area contributed by atoms with Gasteiger partial charge in [-0.25, -0.2) is 0 Å². The summed E-state index contributed by atoms with van der Waals surface area (Å²) in [6.07, 6.45) is 2.10. The van der Waals surface area contributed by atoms with Gasteiger partial charge in [-0.3, -0.25) is 4.90 Å². The van der Waals surface area contributed by atoms with Gasteiger partial charge in [-0.05, 0) is 68.1 Å². The van der Waals surface area contributed by atoms with E-state index in [0.717, 1.165) is 44.0 Å². The summed E-state index contributed by atoms with van der Waals surface area (Å²) < 4.78 is 11.6. The predicted molar refractivity (Wildman–Crippen MR) is 114 cm³/mol. The third-order valence-electron chi connectivity index (χ3n) is 5.69. The van der Waals surface area contributed by atoms with Crippen LogP contribution in [0.25, 0.3) is 10.9 Å². The van der Waals surface area contributed by atoms with E-state index in [2.05, 4.69) is 35.9 Å². The number of fused-ring (bicyclic) bond motifs is 3. The van der Waals surface area contributed by atoms with Crippen molar-refractivity contribution in [2.45, 2.75) is 40.2 Å². The highest BCUT2D eigenvalue weighted by Gasteiger charge is 2.20. The first-order valence-electron chi connectivity index (χ1n) is 10.3. The fourth-order valence-electron chi connectivity index (χ4n) is 4.04. The highest BCUT2D eigenvalue weighted by Crippen LogP contribution is 2.30. The molecule has 1 aromatic heterocycles. The van der Waals surface area contributed by atoms with Gasteiger partial charge >= 0.3 is 0 Å². The molecule has 0 fully saturated rings. The number of aromatic nitrogens is 1. The molecule has 1 aliphatic heterocycles. The molecule has 0 saturated heterocycles. The fraction of sp³-hybridized carbons (Fsp3) is 0.417. The van der Waals surface area contributed by atoms with Crippen LogP contribution in [-0.2, 0) is 13.0 Å². The SMILES string of the molecule is CCOc1ccccc1OCCCN1CCc2[nH]c3cc(C)c(C)cc3c2C1. The number of para-hydroxylation sites is 2. The Hall–Kier alpha value is -2.46. The summed E-state index contributed by atoms with van der Waals surface area (Å²) in [5, 5.41) is 1.39. The van der Waals surface area contributed by atoms with Gasteiger partial charge < -0.3 is 14.5 Å². The number of ether oxygens (including phenoxy) is 2. The molecule has 0 atom stereocenters. The third-order valence-corrected chi connectivity index (χ3v) is 5.69. The van der Waals surface area contributed by atoms with Crippen LogP contribution in [0.5, 0.6) is 11.5 Å². The Bertz CT molecular complexity index is 961. The number of aryl methyl sites for hydroxylation is 2. The van der Waals surface area contributed by atoms with E-state index in [1.54, 1.807) is 0 Å². The minimum absolute atomic E-state index is 0.653. The van der Waals surface area contributed by atoms with Gasteiger partial charge in [0.25, 0.3) is 0 Å². The van der Waals surface area contributed by atoms with Crippen LogP contribution < -0.4 is 9.47 Å². The van der Waals surface area contributed by atoms with E-state index in [4.69, 9.17) is 9.47 Å². The zero-order valence-electron chi connectivity index (χ0n) is 17.2. The second-order valence-corrected chi connectivity index (χ2v) is 7.67. The van der Waals surface area contributed by atoms with Crippen molar-refractivity contribution in [1.29, 1.82) is 0 Å². The molecular formula is C24H30N2O2. The lowest BCUT2D eigenvalue weighted by molar-refractivity contribution is 0.216. The highest BCUT2D eigenvalue weighted by molar-refractivity contribution is 5.86. The number of H-pyrrole nitrogens is 1. The Morgan fingerprint density at radius 1 is 1.04 bits per heavy atom. The van der Waals surface area contributed by atoms with Crippen molar-refractivity contribution < 1.29 is 9.47 Å². The lowest BCUT2D eigenvalue weighted by Gasteiger charge is -2.27. The largest absolute Gasteiger partial charge is 0.490 e. The minimum Gasteiger partial charge on any atom is -0.490 e. The molecule has 0 aliphatic carbocycles. The van der Waals surface area contributed by atoms with Gasteiger partial charge in [0.1, 0.15) is 0 Å². The quantitative estimate of drug-likeness (QED) is 0.587. The molecule has 1 N–H and O–H groups in total. The average molecular weight is 379 g/mol. The van der Waals surface area contributed by atoms with Crippen LogP contribution >= 0.6 is 0 Å². The molecule has 1 aliphatic rings. The molecule has 4 nitrogen and oxygen atoms in total. The molecule has 0 amide bonds. The number of rotatable bonds is 7. The van der Waals surface area contributed by atoms with E-state index in [1.807, 2.05) is 31.2 Å². The van der Waals surface area contributed by atoms with E-state index in [1.165, 1.54) is 33.3 Å². The summed E-state index contributed by atoms with van der Waals surface area (Å²) >= 11 is 0. The molecule has 4 rings (SSSR count). The van der Waals surface area contributed by atoms with E-state index in [0.29, 0.717) is 13.2 Å². The molecule has 0 bridgehead atoms. The molecule has 4 heteroatoms. The highest BCUT2D eigenvalue weighted by atomic mass is 16.5. The van der Waals surface area contributed by atoms with Crippen LogP contribution in [0.1, 0.15) is 35.7 Å². The summed E-state index contributed by atoms with van der Waals surface area (Å²) in [7, 11) is 0. The zero-order valence-corrected chi connectivity index (χ0v) is 17.2. The smallest absolute Gasteiger partial charge is 0.161 e. The Kier molecular flexibility index (Phi) is 5.58. The summed E-state index contributed by atoms with van der Waals surface area (Å²) in [6.45, 7) is 10.9. The van der Waals surface area contributed by atoms with Gasteiger partial charge in [0.2, 0.25) is 0 Å². The molecule has 2 heterocycles. The van der Waals surface area contributed by atoms with Crippen LogP contribution in [0.2, 0.25) is 0 Å². The average Bonchev–Trinajstić information content (AvgIpc) is 3.04. The molecule has 0 spiro atoms. The van der Waals surface area contributed by atoms with E-state index >= 15 is 0 Å². The predicted octanol–water partition coefficient (Wildman–Crippen LogP) is 5.01. The topological polar surface area (TPSA) is 37.5 Å². The second-order valence-electron chi connectivity index (χ2n) is 7.67. The standard InChI is InChI=1S/C24H30N2O2/c1-4-27-23-8-5-6-9-24(23)28-13-7-11-26-12-10-21-20(16-26)19-14-17(2)18(3)15-22(19)25-21/h5-6,8-9,14-15,25H,4,7,10-13,16H2,1-3H3. The first-order chi connectivity index (χ1) is 13.7. The molecule has 0 unspecified atom stereocenters. The lowest BCUT2D eigenvalue weighted by Crippen LogP contribution is -2.31. The number of nitrogens with one attached hydrogen (secondary N) is 1. The van der Waals surface area contributed by atoms with E-state index in [9.17, 15) is 0 Å². The molecular weight excluding hydrogens is 348 g/mol. The second kappa shape index (κ2) is 8.27. The van der Waals surface area contributed by atoms with Crippen LogP contribution in [0.3, 0.4) is 0 Å². The summed E-state index contributed by atoms with van der Waals surface area (Å²) in [5.74, 6) is 1.67. The molecule has 0 saturated carbocycles. The van der Waals surface area contributed by atoms with Gasteiger partial charge in [0.15, 0.2) is 11.5 Å². The molecule has 148 valence electrons. The fourth-order valence-corrected chi connectivity index (χ4v) is 4.04. The maximum absolute atomic E-state index is 5.98. The maximum Gasteiger partial charge on any atom is 0.161 e. The van der Waals surface area contributed by atoms with Gasteiger partial charge in [-0.2, -0.15) is 0 Å². The summed E-state index contributed by atoms with van der Waals surface area (Å²) in [6, 6.07) is 12.5. The van der Waals surface area contributed by atoms with Crippen molar-refractivity contribution >= 4 is 10.9 Å².